The van der Waals surface area contributed by atoms with E-state index in [1.54, 1.807) is 0 Å². The smallest absolute Gasteiger partial charge is 0.239 e. The zero-order valence-corrected chi connectivity index (χ0v) is 21.8. The summed E-state index contributed by atoms with van der Waals surface area (Å²) < 4.78 is 9.93. The first-order valence-electron chi connectivity index (χ1n) is 13.3. The van der Waals surface area contributed by atoms with Gasteiger partial charge in [0.25, 0.3) is 0 Å². The standard InChI is InChI=1S/C27H36N8O/c1-5-22-28-20-8-6-7-9-21(20)35(22)27-30-25-24(26(31-27)34-10-12-36-13-11-34)29-23(32(25)4)14-19-16-33(17-19)15-18(2)3/h6-9,18-19H,5,10-17H2,1-4H3. The number of benzene rings is 1. The van der Waals surface area contributed by atoms with Gasteiger partial charge in [0.15, 0.2) is 17.0 Å². The first-order chi connectivity index (χ1) is 17.5. The summed E-state index contributed by atoms with van der Waals surface area (Å²) in [6.45, 7) is 13.2. The van der Waals surface area contributed by atoms with Crippen LogP contribution in [0.3, 0.4) is 0 Å². The van der Waals surface area contributed by atoms with E-state index in [1.165, 1.54) is 6.54 Å². The molecule has 3 aromatic heterocycles. The molecule has 0 bridgehead atoms. The van der Waals surface area contributed by atoms with Gasteiger partial charge in [-0.25, -0.2) is 9.97 Å². The molecular weight excluding hydrogens is 452 g/mol. The number of aromatic nitrogens is 6. The van der Waals surface area contributed by atoms with Gasteiger partial charge in [0.2, 0.25) is 5.95 Å². The zero-order chi connectivity index (χ0) is 24.8. The molecule has 2 aliphatic rings. The number of hydrogen-bond donors (Lipinski definition) is 0. The number of morpholine rings is 1. The van der Waals surface area contributed by atoms with Crippen molar-refractivity contribution >= 4 is 28.0 Å². The highest BCUT2D eigenvalue weighted by Crippen LogP contribution is 2.30. The second kappa shape index (κ2) is 9.44. The number of para-hydroxylation sites is 2. The highest BCUT2D eigenvalue weighted by atomic mass is 16.5. The lowest BCUT2D eigenvalue weighted by Crippen LogP contribution is -2.49. The minimum Gasteiger partial charge on any atom is -0.378 e. The van der Waals surface area contributed by atoms with E-state index in [1.807, 2.05) is 12.1 Å². The summed E-state index contributed by atoms with van der Waals surface area (Å²) in [6.07, 6.45) is 1.77. The minimum absolute atomic E-state index is 0.641. The Kier molecular flexibility index (Phi) is 6.13. The molecule has 5 heterocycles. The second-order valence-electron chi connectivity index (χ2n) is 10.6. The van der Waals surface area contributed by atoms with E-state index in [0.717, 1.165) is 78.7 Å². The topological polar surface area (TPSA) is 77.1 Å². The van der Waals surface area contributed by atoms with Crippen LogP contribution in [0.25, 0.3) is 28.1 Å². The molecule has 9 nitrogen and oxygen atoms in total. The van der Waals surface area contributed by atoms with E-state index >= 15 is 0 Å². The van der Waals surface area contributed by atoms with Gasteiger partial charge in [-0.15, -0.1) is 0 Å². The predicted molar refractivity (Wildman–Crippen MR) is 142 cm³/mol. The predicted octanol–water partition coefficient (Wildman–Crippen LogP) is 3.23. The van der Waals surface area contributed by atoms with E-state index < -0.39 is 0 Å². The maximum absolute atomic E-state index is 5.64. The van der Waals surface area contributed by atoms with Crippen LogP contribution in [-0.2, 0) is 24.6 Å². The molecule has 0 amide bonds. The number of fused-ring (bicyclic) bond motifs is 2. The fraction of sp³-hybridized carbons (Fsp3) is 0.556. The first kappa shape index (κ1) is 23.4. The summed E-state index contributed by atoms with van der Waals surface area (Å²) in [5.74, 6) is 4.96. The van der Waals surface area contributed by atoms with Gasteiger partial charge in [-0.2, -0.15) is 9.97 Å². The average molecular weight is 489 g/mol. The molecule has 2 saturated heterocycles. The zero-order valence-electron chi connectivity index (χ0n) is 21.8. The Bertz CT molecular complexity index is 1380. The van der Waals surface area contributed by atoms with Crippen molar-refractivity contribution in [2.75, 3.05) is 50.8 Å². The van der Waals surface area contributed by atoms with Crippen LogP contribution in [0.5, 0.6) is 0 Å². The number of anilines is 1. The number of aryl methyl sites for hydroxylation is 2. The number of likely N-dealkylation sites (tertiary alicyclic amines) is 1. The molecule has 9 heteroatoms. The van der Waals surface area contributed by atoms with Crippen LogP contribution in [0.2, 0.25) is 0 Å². The Morgan fingerprint density at radius 1 is 1.00 bits per heavy atom. The molecule has 0 radical (unpaired) electrons. The van der Waals surface area contributed by atoms with E-state index in [-0.39, 0.29) is 0 Å². The Morgan fingerprint density at radius 3 is 2.53 bits per heavy atom. The van der Waals surface area contributed by atoms with Crippen LogP contribution < -0.4 is 4.90 Å². The number of ether oxygens (including phenoxy) is 1. The van der Waals surface area contributed by atoms with Gasteiger partial charge in [0.05, 0.1) is 24.2 Å². The van der Waals surface area contributed by atoms with E-state index in [4.69, 9.17) is 24.7 Å². The van der Waals surface area contributed by atoms with Crippen molar-refractivity contribution in [1.82, 2.24) is 34.0 Å². The largest absolute Gasteiger partial charge is 0.378 e. The highest BCUT2D eigenvalue weighted by molar-refractivity contribution is 5.86. The van der Waals surface area contributed by atoms with Crippen LogP contribution in [0.4, 0.5) is 5.82 Å². The van der Waals surface area contributed by atoms with Crippen molar-refractivity contribution < 1.29 is 4.74 Å². The van der Waals surface area contributed by atoms with Crippen molar-refractivity contribution in [3.8, 4) is 5.95 Å². The fourth-order valence-corrected chi connectivity index (χ4v) is 5.62. The quantitative estimate of drug-likeness (QED) is 0.395. The van der Waals surface area contributed by atoms with Crippen molar-refractivity contribution in [2.24, 2.45) is 18.9 Å². The Labute approximate surface area is 212 Å². The van der Waals surface area contributed by atoms with Gasteiger partial charge in [-0.3, -0.25) is 4.57 Å². The molecule has 4 aromatic rings. The Morgan fingerprint density at radius 2 is 1.78 bits per heavy atom. The first-order valence-corrected chi connectivity index (χ1v) is 13.3. The van der Waals surface area contributed by atoms with Crippen molar-refractivity contribution in [2.45, 2.75) is 33.6 Å². The molecule has 2 aliphatic heterocycles. The van der Waals surface area contributed by atoms with E-state index in [2.05, 4.69) is 58.9 Å². The molecular formula is C27H36N8O. The average Bonchev–Trinajstić information content (AvgIpc) is 3.40. The summed E-state index contributed by atoms with van der Waals surface area (Å²) in [5, 5.41) is 0. The molecule has 0 unspecified atom stereocenters. The summed E-state index contributed by atoms with van der Waals surface area (Å²) in [7, 11) is 2.10. The van der Waals surface area contributed by atoms with Gasteiger partial charge in [-0.05, 0) is 24.0 Å². The molecule has 190 valence electrons. The van der Waals surface area contributed by atoms with Crippen molar-refractivity contribution in [1.29, 1.82) is 0 Å². The Balaban J connectivity index is 1.43. The molecule has 0 saturated carbocycles. The molecule has 2 fully saturated rings. The molecule has 1 aromatic carbocycles. The fourth-order valence-electron chi connectivity index (χ4n) is 5.62. The molecule has 0 aliphatic carbocycles. The minimum atomic E-state index is 0.641. The SMILES string of the molecule is CCc1nc2ccccc2n1-c1nc(N2CCOCC2)c2nc(CC3CN(CC(C)C)C3)n(C)c2n1. The van der Waals surface area contributed by atoms with E-state index in [9.17, 15) is 0 Å². The number of nitrogens with zero attached hydrogens (tertiary/aromatic N) is 8. The van der Waals surface area contributed by atoms with Gasteiger partial charge >= 0.3 is 0 Å². The lowest BCUT2D eigenvalue weighted by molar-refractivity contribution is 0.0857. The van der Waals surface area contributed by atoms with Gasteiger partial charge in [-0.1, -0.05) is 32.9 Å². The third-order valence-corrected chi connectivity index (χ3v) is 7.37. The molecule has 0 spiro atoms. The van der Waals surface area contributed by atoms with E-state index in [0.29, 0.717) is 31.0 Å². The van der Waals surface area contributed by atoms with Crippen molar-refractivity contribution in [3.05, 3.63) is 35.9 Å². The van der Waals surface area contributed by atoms with Gasteiger partial charge in [0, 0.05) is 52.6 Å². The maximum atomic E-state index is 5.64. The summed E-state index contributed by atoms with van der Waals surface area (Å²) >= 11 is 0. The third-order valence-electron chi connectivity index (χ3n) is 7.37. The lowest BCUT2D eigenvalue weighted by atomic mass is 9.95. The van der Waals surface area contributed by atoms with Crippen LogP contribution in [-0.4, -0.2) is 79.9 Å². The van der Waals surface area contributed by atoms with Gasteiger partial charge < -0.3 is 19.1 Å². The van der Waals surface area contributed by atoms with Crippen LogP contribution in [0.1, 0.15) is 32.4 Å². The number of imidazole rings is 2. The molecule has 0 atom stereocenters. The monoisotopic (exact) mass is 488 g/mol. The highest BCUT2D eigenvalue weighted by Gasteiger charge is 2.30. The number of hydrogen-bond acceptors (Lipinski definition) is 7. The molecule has 36 heavy (non-hydrogen) atoms. The summed E-state index contributed by atoms with van der Waals surface area (Å²) in [6, 6.07) is 8.22. The van der Waals surface area contributed by atoms with Gasteiger partial charge in [0.1, 0.15) is 11.6 Å². The second-order valence-corrected chi connectivity index (χ2v) is 10.6. The lowest BCUT2D eigenvalue weighted by Gasteiger charge is -2.40. The number of rotatable bonds is 7. The Hall–Kier alpha value is -3.04. The normalized spacial score (nSPS) is 17.5. The maximum Gasteiger partial charge on any atom is 0.239 e. The van der Waals surface area contributed by atoms with Crippen molar-refractivity contribution in [3.63, 3.8) is 0 Å². The third kappa shape index (κ3) is 4.14. The summed E-state index contributed by atoms with van der Waals surface area (Å²) in [5.41, 5.74) is 3.77. The summed E-state index contributed by atoms with van der Waals surface area (Å²) in [4.78, 5) is 25.1. The van der Waals surface area contributed by atoms with Crippen LogP contribution >= 0.6 is 0 Å². The molecule has 6 rings (SSSR count). The van der Waals surface area contributed by atoms with Crippen LogP contribution in [0, 0.1) is 11.8 Å². The molecule has 0 N–H and O–H groups in total. The van der Waals surface area contributed by atoms with Crippen LogP contribution in [0.15, 0.2) is 24.3 Å².